The second kappa shape index (κ2) is 6.96. The Morgan fingerprint density at radius 3 is 2.29 bits per heavy atom. The second-order valence-electron chi connectivity index (χ2n) is 4.46. The molecule has 0 bridgehead atoms. The van der Waals surface area contributed by atoms with Crippen molar-refractivity contribution < 1.29 is 4.74 Å². The van der Waals surface area contributed by atoms with E-state index in [1.807, 2.05) is 26.0 Å². The predicted octanol–water partition coefficient (Wildman–Crippen LogP) is 4.13. The fraction of sp³-hybridized carbons (Fsp3) is 0.533. The molecule has 1 rings (SSSR count). The van der Waals surface area contributed by atoms with Gasteiger partial charge >= 0.3 is 0 Å². The Balaban J connectivity index is 2.57. The van der Waals surface area contributed by atoms with E-state index in [4.69, 9.17) is 10.00 Å². The van der Waals surface area contributed by atoms with E-state index in [0.717, 1.165) is 29.9 Å². The van der Waals surface area contributed by atoms with Crippen molar-refractivity contribution >= 4 is 0 Å². The number of nitriles is 1. The quantitative estimate of drug-likeness (QED) is 0.689. The summed E-state index contributed by atoms with van der Waals surface area (Å²) in [7, 11) is 0. The maximum atomic E-state index is 8.86. The number of hydrogen-bond donors (Lipinski definition) is 0. The third kappa shape index (κ3) is 4.11. The monoisotopic (exact) mass is 231 g/mol. The summed E-state index contributed by atoms with van der Waals surface area (Å²) >= 11 is 0. The second-order valence-corrected chi connectivity index (χ2v) is 4.46. The molecular formula is C15H21NO. The number of rotatable bonds is 6. The molecule has 0 fully saturated rings. The molecule has 2 heteroatoms. The van der Waals surface area contributed by atoms with Gasteiger partial charge in [-0.3, -0.25) is 0 Å². The van der Waals surface area contributed by atoms with Gasteiger partial charge in [0, 0.05) is 0 Å². The fourth-order valence-electron chi connectivity index (χ4n) is 1.95. The lowest BCUT2D eigenvalue weighted by Crippen LogP contribution is -2.01. The van der Waals surface area contributed by atoms with Gasteiger partial charge in [0.05, 0.1) is 18.2 Å². The molecule has 0 saturated carbocycles. The molecule has 0 heterocycles. The highest BCUT2D eigenvalue weighted by Gasteiger charge is 2.05. The molecule has 0 aliphatic heterocycles. The highest BCUT2D eigenvalue weighted by atomic mass is 16.5. The molecule has 1 aromatic rings. The molecule has 0 atom stereocenters. The van der Waals surface area contributed by atoms with E-state index in [-0.39, 0.29) is 0 Å². The smallest absolute Gasteiger partial charge is 0.125 e. The molecule has 0 aromatic heterocycles. The zero-order valence-corrected chi connectivity index (χ0v) is 11.0. The van der Waals surface area contributed by atoms with E-state index in [1.165, 1.54) is 19.3 Å². The summed E-state index contributed by atoms with van der Waals surface area (Å²) in [6.07, 6.45) is 4.85. The molecule has 0 saturated heterocycles. The first kappa shape index (κ1) is 13.6. The Hall–Kier alpha value is -1.49. The van der Waals surface area contributed by atoms with Crippen LogP contribution in [0.4, 0.5) is 0 Å². The highest BCUT2D eigenvalue weighted by Crippen LogP contribution is 2.24. The van der Waals surface area contributed by atoms with Crippen LogP contribution in [0.25, 0.3) is 0 Å². The molecule has 1 aromatic carbocycles. The fourth-order valence-corrected chi connectivity index (χ4v) is 1.95. The van der Waals surface area contributed by atoms with Gasteiger partial charge in [-0.15, -0.1) is 0 Å². The van der Waals surface area contributed by atoms with Crippen molar-refractivity contribution in [1.29, 1.82) is 5.26 Å². The van der Waals surface area contributed by atoms with Crippen molar-refractivity contribution in [3.05, 3.63) is 28.8 Å². The zero-order chi connectivity index (χ0) is 12.7. The minimum absolute atomic E-state index is 0.707. The summed E-state index contributed by atoms with van der Waals surface area (Å²) in [5.74, 6) is 0.945. The lowest BCUT2D eigenvalue weighted by molar-refractivity contribution is 0.301. The average molecular weight is 231 g/mol. The average Bonchev–Trinajstić information content (AvgIpc) is 2.31. The minimum atomic E-state index is 0.707. The Morgan fingerprint density at radius 1 is 1.12 bits per heavy atom. The molecule has 0 unspecified atom stereocenters. The molecule has 2 nitrogen and oxygen atoms in total. The van der Waals surface area contributed by atoms with Crippen LogP contribution < -0.4 is 4.74 Å². The van der Waals surface area contributed by atoms with Crippen molar-refractivity contribution in [3.63, 3.8) is 0 Å². The summed E-state index contributed by atoms with van der Waals surface area (Å²) in [6, 6.07) is 5.93. The van der Waals surface area contributed by atoms with Crippen LogP contribution in [0.5, 0.6) is 5.75 Å². The van der Waals surface area contributed by atoms with E-state index in [2.05, 4.69) is 13.0 Å². The number of hydrogen-bond acceptors (Lipinski definition) is 2. The molecule has 0 amide bonds. The van der Waals surface area contributed by atoms with E-state index < -0.39 is 0 Å². The predicted molar refractivity (Wildman–Crippen MR) is 70.3 cm³/mol. The highest BCUT2D eigenvalue weighted by molar-refractivity contribution is 5.47. The van der Waals surface area contributed by atoms with Crippen LogP contribution >= 0.6 is 0 Å². The van der Waals surface area contributed by atoms with Crippen molar-refractivity contribution in [2.24, 2.45) is 0 Å². The third-order valence-corrected chi connectivity index (χ3v) is 2.83. The minimum Gasteiger partial charge on any atom is -0.493 e. The number of ether oxygens (including phenoxy) is 1. The topological polar surface area (TPSA) is 33.0 Å². The van der Waals surface area contributed by atoms with Crippen molar-refractivity contribution in [2.45, 2.75) is 46.5 Å². The van der Waals surface area contributed by atoms with Crippen LogP contribution in [0.15, 0.2) is 12.1 Å². The Morgan fingerprint density at radius 2 is 1.76 bits per heavy atom. The number of benzene rings is 1. The largest absolute Gasteiger partial charge is 0.493 e. The normalized spacial score (nSPS) is 10.0. The first-order chi connectivity index (χ1) is 8.19. The van der Waals surface area contributed by atoms with Gasteiger partial charge < -0.3 is 4.74 Å². The van der Waals surface area contributed by atoms with Crippen LogP contribution in [-0.4, -0.2) is 6.61 Å². The molecule has 17 heavy (non-hydrogen) atoms. The number of unbranched alkanes of at least 4 members (excludes halogenated alkanes) is 3. The SMILES string of the molecule is CCCCCCOc1c(C)cc(C#N)cc1C. The van der Waals surface area contributed by atoms with Gasteiger partial charge in [-0.05, 0) is 43.5 Å². The summed E-state index contributed by atoms with van der Waals surface area (Å²) in [5.41, 5.74) is 2.81. The van der Waals surface area contributed by atoms with Gasteiger partial charge in [0.15, 0.2) is 0 Å². The first-order valence-corrected chi connectivity index (χ1v) is 6.33. The number of nitrogens with zero attached hydrogens (tertiary/aromatic N) is 1. The van der Waals surface area contributed by atoms with Crippen LogP contribution in [0.2, 0.25) is 0 Å². The van der Waals surface area contributed by atoms with Crippen LogP contribution in [0.1, 0.15) is 49.3 Å². The van der Waals surface area contributed by atoms with E-state index in [0.29, 0.717) is 5.56 Å². The molecular weight excluding hydrogens is 210 g/mol. The van der Waals surface area contributed by atoms with E-state index in [9.17, 15) is 0 Å². The van der Waals surface area contributed by atoms with Gasteiger partial charge in [0.2, 0.25) is 0 Å². The van der Waals surface area contributed by atoms with E-state index >= 15 is 0 Å². The maximum absolute atomic E-state index is 8.86. The van der Waals surface area contributed by atoms with Crippen LogP contribution in [0.3, 0.4) is 0 Å². The summed E-state index contributed by atoms with van der Waals surface area (Å²) in [5, 5.41) is 8.86. The molecule has 0 aliphatic rings. The zero-order valence-electron chi connectivity index (χ0n) is 11.0. The van der Waals surface area contributed by atoms with Crippen molar-refractivity contribution in [3.8, 4) is 11.8 Å². The van der Waals surface area contributed by atoms with Crippen molar-refractivity contribution in [1.82, 2.24) is 0 Å². The van der Waals surface area contributed by atoms with Gasteiger partial charge in [-0.1, -0.05) is 26.2 Å². The van der Waals surface area contributed by atoms with Crippen LogP contribution in [-0.2, 0) is 0 Å². The standard InChI is InChI=1S/C15H21NO/c1-4-5-6-7-8-17-15-12(2)9-14(11-16)10-13(15)3/h9-10H,4-8H2,1-3H3. The van der Waals surface area contributed by atoms with Gasteiger partial charge in [0.25, 0.3) is 0 Å². The summed E-state index contributed by atoms with van der Waals surface area (Å²) in [4.78, 5) is 0. The number of aryl methyl sites for hydroxylation is 2. The summed E-state index contributed by atoms with van der Waals surface area (Å²) in [6.45, 7) is 6.97. The molecule has 0 aliphatic carbocycles. The van der Waals surface area contributed by atoms with Crippen LogP contribution in [0, 0.1) is 25.2 Å². The third-order valence-electron chi connectivity index (χ3n) is 2.83. The lowest BCUT2D eigenvalue weighted by atomic mass is 10.1. The van der Waals surface area contributed by atoms with E-state index in [1.54, 1.807) is 0 Å². The molecule has 92 valence electrons. The lowest BCUT2D eigenvalue weighted by Gasteiger charge is -2.12. The Bertz CT molecular complexity index is 381. The Kier molecular flexibility index (Phi) is 5.56. The molecule has 0 spiro atoms. The van der Waals surface area contributed by atoms with Gasteiger partial charge in [0.1, 0.15) is 5.75 Å². The maximum Gasteiger partial charge on any atom is 0.125 e. The first-order valence-electron chi connectivity index (χ1n) is 6.33. The van der Waals surface area contributed by atoms with Crippen molar-refractivity contribution in [2.75, 3.05) is 6.61 Å². The Labute approximate surface area is 104 Å². The molecule has 0 radical (unpaired) electrons. The van der Waals surface area contributed by atoms with Gasteiger partial charge in [-0.25, -0.2) is 0 Å². The van der Waals surface area contributed by atoms with Gasteiger partial charge in [-0.2, -0.15) is 5.26 Å². The molecule has 0 N–H and O–H groups in total. The summed E-state index contributed by atoms with van der Waals surface area (Å²) < 4.78 is 5.80.